The van der Waals surface area contributed by atoms with Gasteiger partial charge in [0.2, 0.25) is 0 Å². The summed E-state index contributed by atoms with van der Waals surface area (Å²) >= 11 is 0. The topological polar surface area (TPSA) is 20.2 Å². The fourth-order valence-corrected chi connectivity index (χ4v) is 1.25. The molecule has 0 rings (SSSR count). The van der Waals surface area contributed by atoms with Crippen molar-refractivity contribution in [3.05, 3.63) is 11.6 Å². The maximum atomic E-state index is 9.44. The minimum Gasteiger partial charge on any atom is -0.389 e. The number of aliphatic hydroxyl groups excluding tert-OH is 1. The number of hydrogen-bond acceptors (Lipinski definition) is 1. The quantitative estimate of drug-likeness (QED) is 0.479. The van der Waals surface area contributed by atoms with Gasteiger partial charge in [-0.25, -0.2) is 0 Å². The zero-order valence-corrected chi connectivity index (χ0v) is 8.64. The number of rotatable bonds is 6. The zero-order valence-electron chi connectivity index (χ0n) is 8.64. The average Bonchev–Trinajstić information content (AvgIpc) is 1.97. The molecule has 0 bridgehead atoms. The molecule has 1 N–H and O–H groups in total. The Hall–Kier alpha value is -0.300. The molecule has 0 saturated carbocycles. The second-order valence-corrected chi connectivity index (χ2v) is 3.66. The van der Waals surface area contributed by atoms with Crippen molar-refractivity contribution < 1.29 is 5.11 Å². The summed E-state index contributed by atoms with van der Waals surface area (Å²) in [6, 6.07) is 0. The van der Waals surface area contributed by atoms with Gasteiger partial charge in [0.25, 0.3) is 0 Å². The maximum absolute atomic E-state index is 9.44. The Balaban J connectivity index is 3.32. The summed E-state index contributed by atoms with van der Waals surface area (Å²) < 4.78 is 0. The van der Waals surface area contributed by atoms with E-state index in [1.54, 1.807) is 0 Å². The molecule has 0 heterocycles. The van der Waals surface area contributed by atoms with E-state index in [0.29, 0.717) is 0 Å². The van der Waals surface area contributed by atoms with Gasteiger partial charge in [-0.05, 0) is 20.3 Å². The second kappa shape index (κ2) is 7.35. The predicted molar refractivity (Wildman–Crippen MR) is 54.2 cm³/mol. The third kappa shape index (κ3) is 7.80. The van der Waals surface area contributed by atoms with Crippen LogP contribution in [-0.4, -0.2) is 11.2 Å². The summed E-state index contributed by atoms with van der Waals surface area (Å²) in [6.07, 6.45) is 7.60. The average molecular weight is 170 g/mol. The highest BCUT2D eigenvalue weighted by Gasteiger charge is 1.98. The Bertz CT molecular complexity index is 123. The van der Waals surface area contributed by atoms with Crippen LogP contribution < -0.4 is 0 Å². The van der Waals surface area contributed by atoms with Gasteiger partial charge in [0.1, 0.15) is 0 Å². The van der Waals surface area contributed by atoms with Crippen LogP contribution in [0.25, 0.3) is 0 Å². The molecule has 0 amide bonds. The van der Waals surface area contributed by atoms with Crippen LogP contribution in [0.3, 0.4) is 0 Å². The van der Waals surface area contributed by atoms with Crippen molar-refractivity contribution in [3.63, 3.8) is 0 Å². The van der Waals surface area contributed by atoms with Gasteiger partial charge < -0.3 is 5.11 Å². The molecular weight excluding hydrogens is 148 g/mol. The second-order valence-electron chi connectivity index (χ2n) is 3.66. The summed E-state index contributed by atoms with van der Waals surface area (Å²) in [5.74, 6) is 0. The van der Waals surface area contributed by atoms with Crippen molar-refractivity contribution in [2.45, 2.75) is 59.0 Å². The minimum absolute atomic E-state index is 0.216. The van der Waals surface area contributed by atoms with Crippen molar-refractivity contribution in [2.24, 2.45) is 0 Å². The van der Waals surface area contributed by atoms with Gasteiger partial charge in [-0.2, -0.15) is 0 Å². The molecule has 0 aliphatic rings. The summed E-state index contributed by atoms with van der Waals surface area (Å²) in [4.78, 5) is 0. The maximum Gasteiger partial charge on any atom is 0.0723 e. The van der Waals surface area contributed by atoms with Crippen molar-refractivity contribution in [1.29, 1.82) is 0 Å². The normalized spacial score (nSPS) is 12.7. The highest BCUT2D eigenvalue weighted by atomic mass is 16.3. The van der Waals surface area contributed by atoms with Gasteiger partial charge in [0.05, 0.1) is 6.10 Å². The molecule has 12 heavy (non-hydrogen) atoms. The summed E-state index contributed by atoms with van der Waals surface area (Å²) in [5, 5.41) is 9.44. The van der Waals surface area contributed by atoms with Crippen LogP contribution in [-0.2, 0) is 0 Å². The van der Waals surface area contributed by atoms with E-state index in [-0.39, 0.29) is 6.10 Å². The Morgan fingerprint density at radius 3 is 2.42 bits per heavy atom. The molecule has 0 aromatic carbocycles. The van der Waals surface area contributed by atoms with E-state index in [0.717, 1.165) is 12.8 Å². The molecule has 0 spiro atoms. The van der Waals surface area contributed by atoms with Crippen LogP contribution >= 0.6 is 0 Å². The van der Waals surface area contributed by atoms with E-state index in [4.69, 9.17) is 0 Å². The molecule has 0 unspecified atom stereocenters. The first-order valence-electron chi connectivity index (χ1n) is 5.00. The lowest BCUT2D eigenvalue weighted by atomic mass is 10.1. The molecule has 0 radical (unpaired) electrons. The van der Waals surface area contributed by atoms with E-state index in [1.165, 1.54) is 24.8 Å². The highest BCUT2D eigenvalue weighted by Crippen LogP contribution is 2.07. The lowest BCUT2D eigenvalue weighted by Gasteiger charge is -2.05. The number of allylic oxidation sites excluding steroid dienone is 1. The van der Waals surface area contributed by atoms with E-state index in [2.05, 4.69) is 6.92 Å². The van der Waals surface area contributed by atoms with Crippen LogP contribution in [0.1, 0.15) is 52.9 Å². The minimum atomic E-state index is -0.216. The first kappa shape index (κ1) is 11.7. The molecule has 72 valence electrons. The monoisotopic (exact) mass is 170 g/mol. The number of unbranched alkanes of at least 4 members (excludes halogenated alkanes) is 3. The van der Waals surface area contributed by atoms with Gasteiger partial charge in [-0.1, -0.05) is 44.3 Å². The standard InChI is InChI=1S/C11H22O/c1-4-5-6-7-8-11(12)9-10(2)3/h9,11-12H,4-8H2,1-3H3/t11-/m0/s1. The summed E-state index contributed by atoms with van der Waals surface area (Å²) in [5.41, 5.74) is 1.21. The lowest BCUT2D eigenvalue weighted by Crippen LogP contribution is -2.02. The predicted octanol–water partition coefficient (Wildman–Crippen LogP) is 3.28. The van der Waals surface area contributed by atoms with Crippen LogP contribution in [0.15, 0.2) is 11.6 Å². The Kier molecular flexibility index (Phi) is 7.17. The molecule has 0 aliphatic carbocycles. The van der Waals surface area contributed by atoms with Crippen molar-refractivity contribution in [1.82, 2.24) is 0 Å². The van der Waals surface area contributed by atoms with Gasteiger partial charge in [-0.15, -0.1) is 0 Å². The molecule has 1 atom stereocenters. The largest absolute Gasteiger partial charge is 0.389 e. The van der Waals surface area contributed by atoms with Gasteiger partial charge in [0, 0.05) is 0 Å². The van der Waals surface area contributed by atoms with Crippen LogP contribution in [0.2, 0.25) is 0 Å². The third-order valence-corrected chi connectivity index (χ3v) is 1.88. The van der Waals surface area contributed by atoms with E-state index in [9.17, 15) is 5.11 Å². The Morgan fingerprint density at radius 2 is 1.92 bits per heavy atom. The Labute approximate surface area is 76.5 Å². The molecule has 0 aliphatic heterocycles. The molecule has 1 heteroatoms. The highest BCUT2D eigenvalue weighted by molar-refractivity contribution is 4.97. The third-order valence-electron chi connectivity index (χ3n) is 1.88. The van der Waals surface area contributed by atoms with Crippen LogP contribution in [0.5, 0.6) is 0 Å². The van der Waals surface area contributed by atoms with Crippen molar-refractivity contribution in [3.8, 4) is 0 Å². The van der Waals surface area contributed by atoms with Gasteiger partial charge in [-0.3, -0.25) is 0 Å². The van der Waals surface area contributed by atoms with Gasteiger partial charge in [0.15, 0.2) is 0 Å². The number of hydrogen-bond donors (Lipinski definition) is 1. The SMILES string of the molecule is CCCCCC[C@H](O)C=C(C)C. The Morgan fingerprint density at radius 1 is 1.25 bits per heavy atom. The molecule has 0 fully saturated rings. The number of aliphatic hydroxyl groups is 1. The molecule has 1 nitrogen and oxygen atoms in total. The molecular formula is C11H22O. The lowest BCUT2D eigenvalue weighted by molar-refractivity contribution is 0.207. The fraction of sp³-hybridized carbons (Fsp3) is 0.818. The van der Waals surface area contributed by atoms with E-state index in [1.807, 2.05) is 19.9 Å². The molecule has 0 aromatic heterocycles. The molecule has 0 saturated heterocycles. The van der Waals surface area contributed by atoms with Crippen molar-refractivity contribution >= 4 is 0 Å². The first-order chi connectivity index (χ1) is 5.66. The zero-order chi connectivity index (χ0) is 9.40. The summed E-state index contributed by atoms with van der Waals surface area (Å²) in [6.45, 7) is 6.25. The fourth-order valence-electron chi connectivity index (χ4n) is 1.25. The first-order valence-corrected chi connectivity index (χ1v) is 5.00. The van der Waals surface area contributed by atoms with Crippen molar-refractivity contribution in [2.75, 3.05) is 0 Å². The molecule has 0 aromatic rings. The van der Waals surface area contributed by atoms with Gasteiger partial charge >= 0.3 is 0 Å². The smallest absolute Gasteiger partial charge is 0.0723 e. The van der Waals surface area contributed by atoms with Crippen LogP contribution in [0.4, 0.5) is 0 Å². The van der Waals surface area contributed by atoms with Crippen LogP contribution in [0, 0.1) is 0 Å². The van der Waals surface area contributed by atoms with E-state index < -0.39 is 0 Å². The summed E-state index contributed by atoms with van der Waals surface area (Å²) in [7, 11) is 0. The van der Waals surface area contributed by atoms with E-state index >= 15 is 0 Å².